The van der Waals surface area contributed by atoms with Crippen LogP contribution in [-0.2, 0) is 17.9 Å². The fraction of sp³-hybridized carbons (Fsp3) is 0.250. The van der Waals surface area contributed by atoms with E-state index in [0.717, 1.165) is 54.6 Å². The summed E-state index contributed by atoms with van der Waals surface area (Å²) >= 11 is 25.0. The lowest BCUT2D eigenvalue weighted by Gasteiger charge is -2.29. The predicted molar refractivity (Wildman–Crippen MR) is 134 cm³/mol. The smallest absolute Gasteiger partial charge is 0.124 e. The Morgan fingerprint density at radius 1 is 0.812 bits per heavy atom. The molecule has 0 unspecified atom stereocenters. The molecule has 0 aliphatic carbocycles. The van der Waals surface area contributed by atoms with Crippen LogP contribution in [0.1, 0.15) is 11.1 Å². The van der Waals surface area contributed by atoms with Gasteiger partial charge in [-0.1, -0.05) is 52.5 Å². The summed E-state index contributed by atoms with van der Waals surface area (Å²) in [7, 11) is 0. The molecule has 1 saturated heterocycles. The van der Waals surface area contributed by atoms with Crippen LogP contribution in [0.15, 0.2) is 54.6 Å². The molecule has 1 fully saturated rings. The standard InChI is InChI=1S/C24H22Cl4N2O2/c25-18-3-6-24(32-15-16-1-2-19(26)12-21(16)27)17(11-18)14-29-20-4-5-23(22(28)13-20)30-7-9-31-10-8-30/h1-6,11-13,29H,7-10,14-15H2. The average molecular weight is 512 g/mol. The lowest BCUT2D eigenvalue weighted by Crippen LogP contribution is -2.36. The molecular formula is C24H22Cl4N2O2. The van der Waals surface area contributed by atoms with Gasteiger partial charge in [-0.3, -0.25) is 0 Å². The molecule has 0 atom stereocenters. The number of anilines is 2. The molecule has 4 rings (SSSR count). The van der Waals surface area contributed by atoms with E-state index in [9.17, 15) is 0 Å². The summed E-state index contributed by atoms with van der Waals surface area (Å²) in [5.74, 6) is 0.726. The lowest BCUT2D eigenvalue weighted by molar-refractivity contribution is 0.122. The number of benzene rings is 3. The van der Waals surface area contributed by atoms with Crippen molar-refractivity contribution < 1.29 is 9.47 Å². The second-order valence-electron chi connectivity index (χ2n) is 7.40. The van der Waals surface area contributed by atoms with E-state index in [1.807, 2.05) is 36.4 Å². The Balaban J connectivity index is 1.43. The zero-order valence-electron chi connectivity index (χ0n) is 17.2. The number of nitrogens with zero attached hydrogens (tertiary/aromatic N) is 1. The molecule has 0 amide bonds. The Kier molecular flexibility index (Phi) is 7.93. The van der Waals surface area contributed by atoms with Gasteiger partial charge in [0.2, 0.25) is 0 Å². The van der Waals surface area contributed by atoms with E-state index in [2.05, 4.69) is 10.2 Å². The molecule has 1 aliphatic heterocycles. The van der Waals surface area contributed by atoms with Crippen LogP contribution in [0.3, 0.4) is 0 Å². The maximum atomic E-state index is 6.55. The second kappa shape index (κ2) is 10.9. The van der Waals surface area contributed by atoms with Crippen LogP contribution in [0.5, 0.6) is 5.75 Å². The Morgan fingerprint density at radius 2 is 1.56 bits per heavy atom. The van der Waals surface area contributed by atoms with Gasteiger partial charge in [0.05, 0.1) is 23.9 Å². The number of nitrogens with one attached hydrogen (secondary N) is 1. The summed E-state index contributed by atoms with van der Waals surface area (Å²) in [6.45, 7) is 3.97. The number of rotatable bonds is 7. The maximum absolute atomic E-state index is 6.55. The zero-order valence-corrected chi connectivity index (χ0v) is 20.2. The van der Waals surface area contributed by atoms with E-state index >= 15 is 0 Å². The van der Waals surface area contributed by atoms with Crippen LogP contribution in [0.25, 0.3) is 0 Å². The third-order valence-electron chi connectivity index (χ3n) is 5.20. The highest BCUT2D eigenvalue weighted by Crippen LogP contribution is 2.31. The summed E-state index contributed by atoms with van der Waals surface area (Å²) in [5, 5.41) is 5.91. The van der Waals surface area contributed by atoms with Crippen molar-refractivity contribution in [3.05, 3.63) is 85.8 Å². The third kappa shape index (κ3) is 5.94. The SMILES string of the molecule is Clc1ccc(COc2ccc(Cl)cc2CNc2ccc(N3CCOCC3)c(Cl)c2)c(Cl)c1. The maximum Gasteiger partial charge on any atom is 0.124 e. The van der Waals surface area contributed by atoms with E-state index in [-0.39, 0.29) is 0 Å². The van der Waals surface area contributed by atoms with Crippen molar-refractivity contribution in [2.75, 3.05) is 36.5 Å². The van der Waals surface area contributed by atoms with Crippen molar-refractivity contribution in [1.29, 1.82) is 0 Å². The third-order valence-corrected chi connectivity index (χ3v) is 6.33. The molecule has 0 aromatic heterocycles. The van der Waals surface area contributed by atoms with Gasteiger partial charge < -0.3 is 19.7 Å². The van der Waals surface area contributed by atoms with E-state index in [4.69, 9.17) is 55.9 Å². The first-order valence-corrected chi connectivity index (χ1v) is 11.7. The van der Waals surface area contributed by atoms with Crippen molar-refractivity contribution >= 4 is 57.8 Å². The summed E-state index contributed by atoms with van der Waals surface area (Å²) in [6, 6.07) is 16.9. The van der Waals surface area contributed by atoms with E-state index in [1.165, 1.54) is 0 Å². The Bertz CT molecular complexity index is 1090. The Labute approximate surface area is 207 Å². The van der Waals surface area contributed by atoms with Crippen molar-refractivity contribution in [1.82, 2.24) is 0 Å². The topological polar surface area (TPSA) is 33.7 Å². The summed E-state index contributed by atoms with van der Waals surface area (Å²) in [5.41, 5.74) is 3.72. The normalized spacial score (nSPS) is 13.8. The van der Waals surface area contributed by atoms with Gasteiger partial charge in [0.15, 0.2) is 0 Å². The molecule has 0 spiro atoms. The number of hydrogen-bond donors (Lipinski definition) is 1. The monoisotopic (exact) mass is 510 g/mol. The molecule has 0 bridgehead atoms. The molecule has 4 nitrogen and oxygen atoms in total. The molecular weight excluding hydrogens is 490 g/mol. The fourth-order valence-electron chi connectivity index (χ4n) is 3.50. The van der Waals surface area contributed by atoms with Gasteiger partial charge in [-0.15, -0.1) is 0 Å². The van der Waals surface area contributed by atoms with Crippen molar-refractivity contribution in [2.24, 2.45) is 0 Å². The number of hydrogen-bond acceptors (Lipinski definition) is 4. The quantitative estimate of drug-likeness (QED) is 0.360. The largest absolute Gasteiger partial charge is 0.488 e. The molecule has 0 radical (unpaired) electrons. The van der Waals surface area contributed by atoms with Crippen LogP contribution in [0.4, 0.5) is 11.4 Å². The van der Waals surface area contributed by atoms with Gasteiger partial charge in [0.25, 0.3) is 0 Å². The van der Waals surface area contributed by atoms with Gasteiger partial charge >= 0.3 is 0 Å². The second-order valence-corrected chi connectivity index (χ2v) is 9.08. The fourth-order valence-corrected chi connectivity index (χ4v) is 4.45. The number of morpholine rings is 1. The zero-order chi connectivity index (χ0) is 22.5. The van der Waals surface area contributed by atoms with Crippen LogP contribution in [0, 0.1) is 0 Å². The minimum atomic E-state index is 0.324. The summed E-state index contributed by atoms with van der Waals surface area (Å²) in [6.07, 6.45) is 0. The van der Waals surface area contributed by atoms with Crippen molar-refractivity contribution in [3.8, 4) is 5.75 Å². The van der Waals surface area contributed by atoms with E-state index in [1.54, 1.807) is 18.2 Å². The van der Waals surface area contributed by atoms with E-state index in [0.29, 0.717) is 33.2 Å². The molecule has 1 aliphatic rings. The van der Waals surface area contributed by atoms with Crippen LogP contribution in [0.2, 0.25) is 20.1 Å². The first kappa shape index (κ1) is 23.3. The molecule has 1 heterocycles. The van der Waals surface area contributed by atoms with Crippen LogP contribution >= 0.6 is 46.4 Å². The van der Waals surface area contributed by atoms with Crippen LogP contribution < -0.4 is 15.0 Å². The Morgan fingerprint density at radius 3 is 2.31 bits per heavy atom. The van der Waals surface area contributed by atoms with Crippen molar-refractivity contribution in [2.45, 2.75) is 13.2 Å². The van der Waals surface area contributed by atoms with E-state index < -0.39 is 0 Å². The van der Waals surface area contributed by atoms with Gasteiger partial charge in [0.1, 0.15) is 12.4 Å². The van der Waals surface area contributed by atoms with Gasteiger partial charge in [-0.2, -0.15) is 0 Å². The molecule has 8 heteroatoms. The molecule has 168 valence electrons. The highest BCUT2D eigenvalue weighted by Gasteiger charge is 2.15. The molecule has 3 aromatic carbocycles. The minimum Gasteiger partial charge on any atom is -0.488 e. The van der Waals surface area contributed by atoms with Crippen LogP contribution in [-0.4, -0.2) is 26.3 Å². The van der Waals surface area contributed by atoms with Gasteiger partial charge in [-0.25, -0.2) is 0 Å². The highest BCUT2D eigenvalue weighted by molar-refractivity contribution is 6.35. The average Bonchev–Trinajstić information content (AvgIpc) is 2.78. The summed E-state index contributed by atoms with van der Waals surface area (Å²) in [4.78, 5) is 2.24. The van der Waals surface area contributed by atoms with Gasteiger partial charge in [0, 0.05) is 51.5 Å². The highest BCUT2D eigenvalue weighted by atomic mass is 35.5. The molecule has 1 N–H and O–H groups in total. The van der Waals surface area contributed by atoms with Gasteiger partial charge in [-0.05, 0) is 48.5 Å². The lowest BCUT2D eigenvalue weighted by atomic mass is 10.2. The molecule has 32 heavy (non-hydrogen) atoms. The number of halogens is 4. The minimum absolute atomic E-state index is 0.324. The molecule has 3 aromatic rings. The first-order chi connectivity index (χ1) is 15.5. The first-order valence-electron chi connectivity index (χ1n) is 10.2. The molecule has 0 saturated carbocycles. The Hall–Kier alpha value is -1.82. The number of ether oxygens (including phenoxy) is 2. The summed E-state index contributed by atoms with van der Waals surface area (Å²) < 4.78 is 11.5. The predicted octanol–water partition coefficient (Wildman–Crippen LogP) is 7.33. The van der Waals surface area contributed by atoms with Crippen molar-refractivity contribution in [3.63, 3.8) is 0 Å².